The highest BCUT2D eigenvalue weighted by Gasteiger charge is 2.16. The Hall–Kier alpha value is -1.81. The molecular weight excluding hydrogens is 254 g/mol. The first kappa shape index (κ1) is 12.6. The minimum atomic E-state index is -1.12. The smallest absolute Gasteiger partial charge is 0.352 e. The fourth-order valence-corrected chi connectivity index (χ4v) is 2.20. The Morgan fingerprint density at radius 1 is 1.33 bits per heavy atom. The van der Waals surface area contributed by atoms with Gasteiger partial charge < -0.3 is 9.67 Å². The number of carboxylic acid groups (broad SMARTS) is 1. The Bertz CT molecular complexity index is 688. The Morgan fingerprint density at radius 2 is 2.00 bits per heavy atom. The number of benzene rings is 1. The number of hydrogen-bond acceptors (Lipinski definition) is 2. The van der Waals surface area contributed by atoms with Crippen LogP contribution >= 0.6 is 11.6 Å². The van der Waals surface area contributed by atoms with Gasteiger partial charge in [0, 0.05) is 22.5 Å². The summed E-state index contributed by atoms with van der Waals surface area (Å²) in [6, 6.07) is 5.92. The van der Waals surface area contributed by atoms with Gasteiger partial charge in [-0.05, 0) is 32.0 Å². The molecule has 2 aromatic rings. The number of carbonyl (C=O) groups is 1. The molecule has 0 unspecified atom stereocenters. The normalized spacial score (nSPS) is 11.1. The van der Waals surface area contributed by atoms with Crippen molar-refractivity contribution in [3.8, 4) is 0 Å². The number of aromatic carboxylic acids is 1. The first-order valence-electron chi connectivity index (χ1n) is 5.50. The SMILES string of the molecule is CC(C)n1c(C(=O)O)cc(=O)c2ccc(Cl)cc21. The van der Waals surface area contributed by atoms with Gasteiger partial charge >= 0.3 is 5.97 Å². The summed E-state index contributed by atoms with van der Waals surface area (Å²) in [5.41, 5.74) is 0.211. The van der Waals surface area contributed by atoms with Crippen LogP contribution < -0.4 is 5.43 Å². The zero-order valence-electron chi connectivity index (χ0n) is 9.98. The zero-order valence-corrected chi connectivity index (χ0v) is 10.7. The molecule has 1 N–H and O–H groups in total. The van der Waals surface area contributed by atoms with Crippen molar-refractivity contribution < 1.29 is 9.90 Å². The molecule has 4 nitrogen and oxygen atoms in total. The average molecular weight is 266 g/mol. The van der Waals surface area contributed by atoms with Crippen LogP contribution in [-0.2, 0) is 0 Å². The van der Waals surface area contributed by atoms with Gasteiger partial charge in [0.2, 0.25) is 0 Å². The van der Waals surface area contributed by atoms with Crippen molar-refractivity contribution in [1.82, 2.24) is 4.57 Å². The second-order valence-corrected chi connectivity index (χ2v) is 4.76. The maximum atomic E-state index is 11.9. The standard InChI is InChI=1S/C13H12ClNO3/c1-7(2)15-10-5-8(14)3-4-9(10)12(16)6-11(15)13(17)18/h3-7H,1-2H3,(H,17,18). The lowest BCUT2D eigenvalue weighted by Gasteiger charge is -2.18. The van der Waals surface area contributed by atoms with Crippen molar-refractivity contribution in [1.29, 1.82) is 0 Å². The van der Waals surface area contributed by atoms with Crippen LogP contribution in [0.1, 0.15) is 30.4 Å². The molecule has 0 atom stereocenters. The maximum absolute atomic E-state index is 11.9. The third kappa shape index (κ3) is 1.99. The predicted molar refractivity (Wildman–Crippen MR) is 70.6 cm³/mol. The molecule has 0 aliphatic heterocycles. The highest BCUT2D eigenvalue weighted by atomic mass is 35.5. The van der Waals surface area contributed by atoms with Gasteiger partial charge in [0.15, 0.2) is 5.43 Å². The van der Waals surface area contributed by atoms with E-state index in [0.717, 1.165) is 6.07 Å². The van der Waals surface area contributed by atoms with Crippen LogP contribution in [0.25, 0.3) is 10.9 Å². The molecule has 0 fully saturated rings. The first-order chi connectivity index (χ1) is 8.41. The van der Waals surface area contributed by atoms with Crippen molar-refractivity contribution in [3.63, 3.8) is 0 Å². The van der Waals surface area contributed by atoms with Crippen LogP contribution in [0.2, 0.25) is 5.02 Å². The molecule has 2 rings (SSSR count). The van der Waals surface area contributed by atoms with Crippen LogP contribution in [0.4, 0.5) is 0 Å². The van der Waals surface area contributed by atoms with Crippen molar-refractivity contribution in [2.24, 2.45) is 0 Å². The number of hydrogen-bond donors (Lipinski definition) is 1. The van der Waals surface area contributed by atoms with Crippen LogP contribution in [0.3, 0.4) is 0 Å². The molecule has 0 spiro atoms. The zero-order chi connectivity index (χ0) is 13.4. The molecule has 0 aliphatic rings. The van der Waals surface area contributed by atoms with E-state index in [1.54, 1.807) is 22.8 Å². The lowest BCUT2D eigenvalue weighted by Crippen LogP contribution is -2.19. The van der Waals surface area contributed by atoms with Gasteiger partial charge in [0.25, 0.3) is 0 Å². The summed E-state index contributed by atoms with van der Waals surface area (Å²) < 4.78 is 1.60. The van der Waals surface area contributed by atoms with E-state index >= 15 is 0 Å². The number of halogens is 1. The molecule has 0 bridgehead atoms. The third-order valence-electron chi connectivity index (χ3n) is 2.75. The number of rotatable bonds is 2. The van der Waals surface area contributed by atoms with E-state index in [1.807, 2.05) is 13.8 Å². The minimum Gasteiger partial charge on any atom is -0.477 e. The number of pyridine rings is 1. The predicted octanol–water partition coefficient (Wildman–Crippen LogP) is 2.93. The van der Waals surface area contributed by atoms with E-state index in [0.29, 0.717) is 15.9 Å². The van der Waals surface area contributed by atoms with Gasteiger partial charge in [0.1, 0.15) is 5.69 Å². The molecule has 94 valence electrons. The quantitative estimate of drug-likeness (QED) is 0.908. The van der Waals surface area contributed by atoms with Crippen molar-refractivity contribution in [3.05, 3.63) is 45.2 Å². The molecule has 5 heteroatoms. The van der Waals surface area contributed by atoms with Gasteiger partial charge in [0.05, 0.1) is 5.52 Å². The highest BCUT2D eigenvalue weighted by molar-refractivity contribution is 6.31. The Kier molecular flexibility index (Phi) is 3.13. The minimum absolute atomic E-state index is 0.0234. The molecule has 0 aliphatic carbocycles. The molecule has 1 aromatic carbocycles. The molecule has 1 heterocycles. The number of aromatic nitrogens is 1. The lowest BCUT2D eigenvalue weighted by atomic mass is 10.1. The first-order valence-corrected chi connectivity index (χ1v) is 5.87. The summed E-state index contributed by atoms with van der Waals surface area (Å²) in [7, 11) is 0. The number of fused-ring (bicyclic) bond motifs is 1. The van der Waals surface area contributed by atoms with Crippen molar-refractivity contribution >= 4 is 28.5 Å². The van der Waals surface area contributed by atoms with Crippen molar-refractivity contribution in [2.45, 2.75) is 19.9 Å². The van der Waals surface area contributed by atoms with Crippen LogP contribution in [0.15, 0.2) is 29.1 Å². The van der Waals surface area contributed by atoms with Crippen LogP contribution in [0, 0.1) is 0 Å². The van der Waals surface area contributed by atoms with Gasteiger partial charge in [-0.2, -0.15) is 0 Å². The summed E-state index contributed by atoms with van der Waals surface area (Å²) in [6.07, 6.45) is 0. The summed E-state index contributed by atoms with van der Waals surface area (Å²) in [6.45, 7) is 3.72. The lowest BCUT2D eigenvalue weighted by molar-refractivity contribution is 0.0683. The molecule has 0 radical (unpaired) electrons. The summed E-state index contributed by atoms with van der Waals surface area (Å²) in [4.78, 5) is 23.1. The van der Waals surface area contributed by atoms with Gasteiger partial charge in [-0.15, -0.1) is 0 Å². The van der Waals surface area contributed by atoms with E-state index in [4.69, 9.17) is 11.6 Å². The molecule has 0 amide bonds. The second-order valence-electron chi connectivity index (χ2n) is 4.32. The van der Waals surface area contributed by atoms with Gasteiger partial charge in [-0.25, -0.2) is 4.79 Å². The highest BCUT2D eigenvalue weighted by Crippen LogP contribution is 2.22. The van der Waals surface area contributed by atoms with E-state index < -0.39 is 5.97 Å². The molecule has 18 heavy (non-hydrogen) atoms. The van der Waals surface area contributed by atoms with E-state index in [2.05, 4.69) is 0 Å². The second kappa shape index (κ2) is 4.46. The monoisotopic (exact) mass is 265 g/mol. The maximum Gasteiger partial charge on any atom is 0.352 e. The number of carboxylic acids is 1. The third-order valence-corrected chi connectivity index (χ3v) is 2.98. The molecule has 1 aromatic heterocycles. The fourth-order valence-electron chi connectivity index (χ4n) is 2.03. The van der Waals surface area contributed by atoms with Gasteiger partial charge in [-0.3, -0.25) is 4.79 Å². The van der Waals surface area contributed by atoms with Crippen molar-refractivity contribution in [2.75, 3.05) is 0 Å². The van der Waals surface area contributed by atoms with Crippen LogP contribution in [0.5, 0.6) is 0 Å². The summed E-state index contributed by atoms with van der Waals surface area (Å²) in [5.74, 6) is -1.12. The summed E-state index contributed by atoms with van der Waals surface area (Å²) in [5, 5.41) is 10.1. The average Bonchev–Trinajstić information content (AvgIpc) is 2.27. The topological polar surface area (TPSA) is 59.3 Å². The van der Waals surface area contributed by atoms with E-state index in [1.165, 1.54) is 0 Å². The molecule has 0 saturated heterocycles. The van der Waals surface area contributed by atoms with Gasteiger partial charge in [-0.1, -0.05) is 11.6 Å². The van der Waals surface area contributed by atoms with E-state index in [9.17, 15) is 14.7 Å². The molecule has 0 saturated carbocycles. The molecular formula is C13H12ClNO3. The Morgan fingerprint density at radius 3 is 2.56 bits per heavy atom. The largest absolute Gasteiger partial charge is 0.477 e. The Balaban J connectivity index is 3.01. The van der Waals surface area contributed by atoms with E-state index in [-0.39, 0.29) is 17.2 Å². The fraction of sp³-hybridized carbons (Fsp3) is 0.231. The summed E-state index contributed by atoms with van der Waals surface area (Å²) >= 11 is 5.92. The van der Waals surface area contributed by atoms with Crippen LogP contribution in [-0.4, -0.2) is 15.6 Å². The number of nitrogens with zero attached hydrogens (tertiary/aromatic N) is 1. The Labute approximate surface area is 108 Å².